The van der Waals surface area contributed by atoms with Gasteiger partial charge in [0.25, 0.3) is 0 Å². The third kappa shape index (κ3) is 8.02. The van der Waals surface area contributed by atoms with E-state index in [9.17, 15) is 17.0 Å². The molecule has 10 aromatic carbocycles. The summed E-state index contributed by atoms with van der Waals surface area (Å²) in [6.07, 6.45) is 9.01. The van der Waals surface area contributed by atoms with Crippen LogP contribution in [0.5, 0.6) is 0 Å². The molecule has 0 amide bonds. The van der Waals surface area contributed by atoms with Crippen LogP contribution in [0.4, 0.5) is 0 Å². The van der Waals surface area contributed by atoms with Gasteiger partial charge in [-0.2, -0.15) is 0 Å². The molecule has 76 heavy (non-hydrogen) atoms. The summed E-state index contributed by atoms with van der Waals surface area (Å²) in [6, 6.07) is 88.0. The first kappa shape index (κ1) is 49.0. The van der Waals surface area contributed by atoms with E-state index in [4.69, 9.17) is 0 Å². The second-order valence-corrected chi connectivity index (χ2v) is 43.6. The van der Waals surface area contributed by atoms with Gasteiger partial charge >= 0.3 is 463 Å². The van der Waals surface area contributed by atoms with Gasteiger partial charge in [-0.1, -0.05) is 0 Å². The molecule has 2 atom stereocenters. The predicted molar refractivity (Wildman–Crippen MR) is 328 cm³/mol. The molecule has 13 rings (SSSR count). The van der Waals surface area contributed by atoms with Crippen LogP contribution in [-0.4, -0.2) is 9.52 Å². The molecule has 0 radical (unpaired) electrons. The molecule has 0 spiro atoms. The molecule has 0 bridgehead atoms. The molecule has 0 saturated heterocycles. The van der Waals surface area contributed by atoms with Gasteiger partial charge < -0.3 is 0 Å². The van der Waals surface area contributed by atoms with Crippen LogP contribution in [0.2, 0.25) is 0 Å². The minimum atomic E-state index is -6.17. The quantitative estimate of drug-likeness (QED) is 0.101. The van der Waals surface area contributed by atoms with Gasteiger partial charge in [-0.05, 0) is 0 Å². The third-order valence-corrected chi connectivity index (χ3v) is 39.3. The average Bonchev–Trinajstić information content (AvgIpc) is 4.25. The van der Waals surface area contributed by atoms with Crippen LogP contribution in [0.25, 0.3) is 78.9 Å². The van der Waals surface area contributed by atoms with E-state index in [0.29, 0.717) is 0 Å². The normalized spacial score (nSPS) is 16.0. The van der Waals surface area contributed by atoms with E-state index in [0.717, 1.165) is 36.8 Å². The Morgan fingerprint density at radius 1 is 0.368 bits per heavy atom. The zero-order valence-electron chi connectivity index (χ0n) is 43.1. The Balaban J connectivity index is 1.17. The molecule has 2 unspecified atom stereocenters. The van der Waals surface area contributed by atoms with E-state index in [1.165, 1.54) is 114 Å². The fraction of sp³-hybridized carbons (Fsp3) is 0.111. The van der Waals surface area contributed by atoms with Gasteiger partial charge in [-0.15, -0.1) is 0 Å². The first-order valence-electron chi connectivity index (χ1n) is 27.3. The molecule has 2 aliphatic carbocycles. The molecule has 10 aromatic rings. The van der Waals surface area contributed by atoms with Crippen molar-refractivity contribution in [2.24, 2.45) is 0 Å². The van der Waals surface area contributed by atoms with E-state index in [1.54, 1.807) is 0 Å². The van der Waals surface area contributed by atoms with Crippen molar-refractivity contribution in [2.45, 2.75) is 46.8 Å². The van der Waals surface area contributed by atoms with Crippen molar-refractivity contribution >= 4 is 63.5 Å². The molecule has 4 heteroatoms. The van der Waals surface area contributed by atoms with Gasteiger partial charge in [-0.25, -0.2) is 0 Å². The fourth-order valence-corrected chi connectivity index (χ4v) is 40.7. The SMILES string of the molecule is CCCc1ccc2c(c1-c1ccccc1-c1ccccc1)C=C(c1ccccc1)[CH]2[Zr]([Cl])([Cl])([c]1cccc2c1[SiH2]c1ccccc1-2)[CH]1C(c2ccccc2)=Cc2c1ccc(CCC)c2-c1ccccc1-c1ccccc1. The van der Waals surface area contributed by atoms with E-state index < -0.39 is 25.9 Å². The maximum absolute atomic E-state index is 9.87. The second-order valence-electron chi connectivity index (χ2n) is 21.1. The molecular weight excluding hydrogens is 1060 g/mol. The Morgan fingerprint density at radius 3 is 1.20 bits per heavy atom. The Morgan fingerprint density at radius 2 is 0.750 bits per heavy atom. The Hall–Kier alpha value is -6.64. The molecule has 0 fully saturated rings. The molecule has 1 aliphatic heterocycles. The van der Waals surface area contributed by atoms with Crippen molar-refractivity contribution in [3.05, 3.63) is 281 Å². The number of hydrogen-bond donors (Lipinski definition) is 0. The van der Waals surface area contributed by atoms with Crippen molar-refractivity contribution in [3.63, 3.8) is 0 Å². The average molecular weight is 1110 g/mol. The van der Waals surface area contributed by atoms with Crippen molar-refractivity contribution < 1.29 is 16.4 Å². The number of fused-ring (bicyclic) bond motifs is 5. The monoisotopic (exact) mass is 1110 g/mol. The maximum atomic E-state index is 9.87. The van der Waals surface area contributed by atoms with Crippen LogP contribution in [0.3, 0.4) is 0 Å². The number of rotatable bonds is 13. The van der Waals surface area contributed by atoms with E-state index >= 15 is 0 Å². The van der Waals surface area contributed by atoms with Crippen LogP contribution < -0.4 is 13.6 Å². The summed E-state index contributed by atoms with van der Waals surface area (Å²) in [4.78, 5) is 0. The van der Waals surface area contributed by atoms with Gasteiger partial charge in [0.2, 0.25) is 0 Å². The van der Waals surface area contributed by atoms with E-state index in [-0.39, 0.29) is 7.25 Å². The first-order valence-corrected chi connectivity index (χ1v) is 39.1. The molecule has 369 valence electrons. The Kier molecular flexibility index (Phi) is 12.9. The molecule has 0 aromatic heterocycles. The standard InChI is InChI=1S/2C30H25.C12H9Si.2ClH.Zr/c2*1-2-11-24-18-19-25-20-26(22-12-5-3-6-13-22)21-29(25)30(24)28-17-10-9-16-27(28)23-14-7-4-8-15-23;1-3-7-11-9(5-1)10-6-2-4-8-12(10)13-11;;;/h2*3-10,12-21H,2,11H2,1H3;1-7H,13H2;2*1H;/q;;;;;+2/p-2. The van der Waals surface area contributed by atoms with Gasteiger partial charge in [0.15, 0.2) is 0 Å². The molecule has 3 aliphatic rings. The van der Waals surface area contributed by atoms with Crippen molar-refractivity contribution in [2.75, 3.05) is 0 Å². The van der Waals surface area contributed by atoms with Crippen LogP contribution in [0.1, 0.15) is 78.4 Å². The van der Waals surface area contributed by atoms with Crippen molar-refractivity contribution in [1.82, 2.24) is 0 Å². The van der Waals surface area contributed by atoms with Gasteiger partial charge in [0.05, 0.1) is 0 Å². The molecule has 0 saturated carbocycles. The Bertz CT molecular complexity index is 3710. The number of benzene rings is 10. The minimum absolute atomic E-state index is 0.330. The molecule has 0 nitrogen and oxygen atoms in total. The van der Waals surface area contributed by atoms with Gasteiger partial charge in [-0.3, -0.25) is 0 Å². The van der Waals surface area contributed by atoms with Crippen molar-refractivity contribution in [3.8, 4) is 55.6 Å². The predicted octanol–water partition coefficient (Wildman–Crippen LogP) is 17.6. The zero-order chi connectivity index (χ0) is 51.4. The fourth-order valence-electron chi connectivity index (χ4n) is 13.7. The van der Waals surface area contributed by atoms with Crippen LogP contribution in [0.15, 0.2) is 237 Å². The van der Waals surface area contributed by atoms with Gasteiger partial charge in [0.1, 0.15) is 0 Å². The summed E-state index contributed by atoms with van der Waals surface area (Å²) in [5.74, 6) is 0. The van der Waals surface area contributed by atoms with Crippen molar-refractivity contribution in [1.29, 1.82) is 0 Å². The number of halogens is 2. The summed E-state index contributed by atoms with van der Waals surface area (Å²) in [5, 5.41) is 2.87. The summed E-state index contributed by atoms with van der Waals surface area (Å²) >= 11 is -6.17. The van der Waals surface area contributed by atoms with Crippen LogP contribution >= 0.6 is 17.0 Å². The third-order valence-electron chi connectivity index (χ3n) is 16.8. The summed E-state index contributed by atoms with van der Waals surface area (Å²) in [6.45, 7) is 4.60. The van der Waals surface area contributed by atoms with E-state index in [1.807, 2.05) is 0 Å². The summed E-state index contributed by atoms with van der Waals surface area (Å²) in [7, 11) is 18.7. The summed E-state index contributed by atoms with van der Waals surface area (Å²) < 4.78 is 0.559. The Labute approximate surface area is 459 Å². The van der Waals surface area contributed by atoms with E-state index in [2.05, 4.69) is 263 Å². The first-order chi connectivity index (χ1) is 37.3. The molecular formula is C72H59Cl2SiZr. The number of aryl methyl sites for hydroxylation is 2. The van der Waals surface area contributed by atoms with Crippen LogP contribution in [-0.2, 0) is 29.2 Å². The van der Waals surface area contributed by atoms with Gasteiger partial charge in [0, 0.05) is 0 Å². The summed E-state index contributed by atoms with van der Waals surface area (Å²) in [5.41, 5.74) is 25.0. The topological polar surface area (TPSA) is 0 Å². The molecule has 0 N–H and O–H groups in total. The number of hydrogen-bond acceptors (Lipinski definition) is 0. The second kappa shape index (κ2) is 20.1. The zero-order valence-corrected chi connectivity index (χ0v) is 48.5. The van der Waals surface area contributed by atoms with Crippen LogP contribution in [0, 0.1) is 0 Å². The number of allylic oxidation sites excluding steroid dienone is 2. The molecule has 1 heterocycles.